The number of hydrogen-bond acceptors (Lipinski definition) is 1. The molecule has 72 valence electrons. The van der Waals surface area contributed by atoms with Gasteiger partial charge in [0.15, 0.2) is 0 Å². The van der Waals surface area contributed by atoms with Gasteiger partial charge in [-0.15, -0.1) is 12.4 Å². The van der Waals surface area contributed by atoms with Gasteiger partial charge in [-0.1, -0.05) is 17.7 Å². The molecular formula is C11H16ClN. The van der Waals surface area contributed by atoms with Crippen LogP contribution in [-0.2, 0) is 13.0 Å². The third-order valence-corrected chi connectivity index (χ3v) is 2.58. The van der Waals surface area contributed by atoms with Gasteiger partial charge in [0, 0.05) is 6.54 Å². The minimum absolute atomic E-state index is 0. The molecule has 2 heteroatoms. The molecule has 1 aromatic rings. The lowest BCUT2D eigenvalue weighted by Gasteiger charge is -2.19. The van der Waals surface area contributed by atoms with E-state index in [0.717, 1.165) is 13.1 Å². The van der Waals surface area contributed by atoms with E-state index in [2.05, 4.69) is 31.3 Å². The molecular weight excluding hydrogens is 182 g/mol. The fraction of sp³-hybridized carbons (Fsp3) is 0.455. The summed E-state index contributed by atoms with van der Waals surface area (Å²) in [6.07, 6.45) is 1.20. The third-order valence-electron chi connectivity index (χ3n) is 2.58. The topological polar surface area (TPSA) is 12.0 Å². The molecule has 2 rings (SSSR count). The lowest BCUT2D eigenvalue weighted by molar-refractivity contribution is 0.640. The maximum absolute atomic E-state index is 3.40. The zero-order chi connectivity index (χ0) is 8.55. The lowest BCUT2D eigenvalue weighted by Crippen LogP contribution is -2.24. The first-order valence-electron chi connectivity index (χ1n) is 4.57. The SMILES string of the molecule is Cc1cc(C)c2c(c1)CNCC2.Cl. The van der Waals surface area contributed by atoms with E-state index in [0.29, 0.717) is 0 Å². The van der Waals surface area contributed by atoms with Crippen molar-refractivity contribution in [3.63, 3.8) is 0 Å². The monoisotopic (exact) mass is 197 g/mol. The molecule has 0 spiro atoms. The van der Waals surface area contributed by atoms with Gasteiger partial charge in [0.2, 0.25) is 0 Å². The van der Waals surface area contributed by atoms with E-state index in [-0.39, 0.29) is 12.4 Å². The summed E-state index contributed by atoms with van der Waals surface area (Å²) in [6.45, 7) is 6.58. The van der Waals surface area contributed by atoms with Crippen molar-refractivity contribution in [3.05, 3.63) is 34.4 Å². The number of rotatable bonds is 0. The molecule has 13 heavy (non-hydrogen) atoms. The highest BCUT2D eigenvalue weighted by atomic mass is 35.5. The molecule has 0 aromatic heterocycles. The lowest BCUT2D eigenvalue weighted by atomic mass is 9.94. The van der Waals surface area contributed by atoms with Gasteiger partial charge in [0.05, 0.1) is 0 Å². The third kappa shape index (κ3) is 2.04. The van der Waals surface area contributed by atoms with Crippen LogP contribution in [0.3, 0.4) is 0 Å². The van der Waals surface area contributed by atoms with Crippen molar-refractivity contribution >= 4 is 12.4 Å². The van der Waals surface area contributed by atoms with Crippen LogP contribution in [0, 0.1) is 13.8 Å². The van der Waals surface area contributed by atoms with Crippen LogP contribution in [0.25, 0.3) is 0 Å². The van der Waals surface area contributed by atoms with Crippen molar-refractivity contribution in [2.75, 3.05) is 6.54 Å². The molecule has 0 radical (unpaired) electrons. The minimum Gasteiger partial charge on any atom is -0.312 e. The summed E-state index contributed by atoms with van der Waals surface area (Å²) in [7, 11) is 0. The molecule has 0 atom stereocenters. The first-order chi connectivity index (χ1) is 5.77. The van der Waals surface area contributed by atoms with Crippen LogP contribution in [0.15, 0.2) is 12.1 Å². The summed E-state index contributed by atoms with van der Waals surface area (Å²) in [5.74, 6) is 0. The molecule has 1 heterocycles. The van der Waals surface area contributed by atoms with Crippen molar-refractivity contribution < 1.29 is 0 Å². The van der Waals surface area contributed by atoms with Crippen molar-refractivity contribution in [3.8, 4) is 0 Å². The first-order valence-corrected chi connectivity index (χ1v) is 4.57. The molecule has 0 amide bonds. The average Bonchev–Trinajstić information content (AvgIpc) is 2.04. The summed E-state index contributed by atoms with van der Waals surface area (Å²) >= 11 is 0. The van der Waals surface area contributed by atoms with Gasteiger partial charge in [0.1, 0.15) is 0 Å². The summed E-state index contributed by atoms with van der Waals surface area (Å²) in [5.41, 5.74) is 5.92. The Kier molecular flexibility index (Phi) is 3.34. The van der Waals surface area contributed by atoms with E-state index in [1.807, 2.05) is 0 Å². The zero-order valence-corrected chi connectivity index (χ0v) is 9.00. The van der Waals surface area contributed by atoms with E-state index in [9.17, 15) is 0 Å². The summed E-state index contributed by atoms with van der Waals surface area (Å²) in [5, 5.41) is 3.40. The van der Waals surface area contributed by atoms with Crippen molar-refractivity contribution in [1.29, 1.82) is 0 Å². The van der Waals surface area contributed by atoms with Gasteiger partial charge >= 0.3 is 0 Å². The fourth-order valence-corrected chi connectivity index (χ4v) is 2.04. The molecule has 0 unspecified atom stereocenters. The summed E-state index contributed by atoms with van der Waals surface area (Å²) in [6, 6.07) is 4.58. The highest BCUT2D eigenvalue weighted by molar-refractivity contribution is 5.85. The van der Waals surface area contributed by atoms with Crippen molar-refractivity contribution in [2.24, 2.45) is 0 Å². The van der Waals surface area contributed by atoms with Crippen molar-refractivity contribution in [1.82, 2.24) is 5.32 Å². The second-order valence-electron chi connectivity index (χ2n) is 3.65. The van der Waals surface area contributed by atoms with Crippen LogP contribution in [-0.4, -0.2) is 6.54 Å². The predicted molar refractivity (Wildman–Crippen MR) is 58.6 cm³/mol. The second-order valence-corrected chi connectivity index (χ2v) is 3.65. The number of nitrogens with one attached hydrogen (secondary N) is 1. The second kappa shape index (κ2) is 4.12. The molecule has 1 nitrogen and oxygen atoms in total. The van der Waals surface area contributed by atoms with Gasteiger partial charge in [-0.3, -0.25) is 0 Å². The Balaban J connectivity index is 0.000000845. The van der Waals surface area contributed by atoms with E-state index < -0.39 is 0 Å². The van der Waals surface area contributed by atoms with Crippen LogP contribution >= 0.6 is 12.4 Å². The Morgan fingerprint density at radius 2 is 2.00 bits per heavy atom. The van der Waals surface area contributed by atoms with Crippen LogP contribution in [0.5, 0.6) is 0 Å². The Morgan fingerprint density at radius 1 is 1.23 bits per heavy atom. The van der Waals surface area contributed by atoms with Gasteiger partial charge < -0.3 is 5.32 Å². The van der Waals surface area contributed by atoms with E-state index >= 15 is 0 Å². The minimum atomic E-state index is 0. The zero-order valence-electron chi connectivity index (χ0n) is 8.18. The molecule has 0 saturated carbocycles. The maximum atomic E-state index is 3.40. The Bertz CT molecular complexity index is 307. The number of halogens is 1. The van der Waals surface area contributed by atoms with Crippen LogP contribution in [0.1, 0.15) is 22.3 Å². The van der Waals surface area contributed by atoms with Gasteiger partial charge in [0.25, 0.3) is 0 Å². The van der Waals surface area contributed by atoms with E-state index in [4.69, 9.17) is 0 Å². The highest BCUT2D eigenvalue weighted by Crippen LogP contribution is 2.19. The molecule has 1 aliphatic heterocycles. The molecule has 1 aliphatic rings. The van der Waals surface area contributed by atoms with Crippen molar-refractivity contribution in [2.45, 2.75) is 26.8 Å². The standard InChI is InChI=1S/C11H15N.ClH/c1-8-5-9(2)11-3-4-12-7-10(11)6-8;/h5-6,12H,3-4,7H2,1-2H3;1H. The van der Waals surface area contributed by atoms with Crippen LogP contribution in [0.4, 0.5) is 0 Å². The van der Waals surface area contributed by atoms with Gasteiger partial charge in [-0.05, 0) is 43.5 Å². The average molecular weight is 198 g/mol. The van der Waals surface area contributed by atoms with E-state index in [1.54, 1.807) is 5.56 Å². The number of benzene rings is 1. The molecule has 1 aromatic carbocycles. The van der Waals surface area contributed by atoms with Crippen LogP contribution < -0.4 is 5.32 Å². The predicted octanol–water partition coefficient (Wildman–Crippen LogP) is 2.37. The Hall–Kier alpha value is -0.530. The molecule has 0 aliphatic carbocycles. The molecule has 0 fully saturated rings. The van der Waals surface area contributed by atoms with E-state index in [1.165, 1.54) is 23.1 Å². The summed E-state index contributed by atoms with van der Waals surface area (Å²) in [4.78, 5) is 0. The molecule has 1 N–H and O–H groups in total. The smallest absolute Gasteiger partial charge is 0.0208 e. The first kappa shape index (κ1) is 10.6. The maximum Gasteiger partial charge on any atom is 0.0208 e. The molecule has 0 saturated heterocycles. The Labute approximate surface area is 86.0 Å². The van der Waals surface area contributed by atoms with Gasteiger partial charge in [-0.2, -0.15) is 0 Å². The fourth-order valence-electron chi connectivity index (χ4n) is 2.04. The quantitative estimate of drug-likeness (QED) is 0.674. The summed E-state index contributed by atoms with van der Waals surface area (Å²) < 4.78 is 0. The molecule has 0 bridgehead atoms. The largest absolute Gasteiger partial charge is 0.312 e. The van der Waals surface area contributed by atoms with Crippen LogP contribution in [0.2, 0.25) is 0 Å². The van der Waals surface area contributed by atoms with Gasteiger partial charge in [-0.25, -0.2) is 0 Å². The number of fused-ring (bicyclic) bond motifs is 1. The number of aryl methyl sites for hydroxylation is 2. The highest BCUT2D eigenvalue weighted by Gasteiger charge is 2.10. The normalized spacial score (nSPS) is 14.6. The number of hydrogen-bond donors (Lipinski definition) is 1. The Morgan fingerprint density at radius 3 is 2.77 bits per heavy atom.